The molecule has 2 aliphatic rings. The molecule has 1 aromatic rings. The fraction of sp³-hybridized carbons (Fsp3) is 0.235. The summed E-state index contributed by atoms with van der Waals surface area (Å²) in [6, 6.07) is 5.03. The van der Waals surface area contributed by atoms with Gasteiger partial charge in [-0.1, -0.05) is 12.0 Å². The number of aliphatic imine (C=N–C) groups is 1. The van der Waals surface area contributed by atoms with Crippen LogP contribution in [0.15, 0.2) is 47.2 Å². The molecule has 0 spiro atoms. The molecule has 0 amide bonds. The number of halogens is 1. The Morgan fingerprint density at radius 3 is 2.90 bits per heavy atom. The van der Waals surface area contributed by atoms with Crippen LogP contribution in [0, 0.1) is 23.6 Å². The molecule has 1 N–H and O–H groups in total. The van der Waals surface area contributed by atoms with Crippen molar-refractivity contribution < 1.29 is 4.39 Å². The Morgan fingerprint density at radius 2 is 2.19 bits per heavy atom. The number of nitrogens with one attached hydrogen (secondary N) is 1. The summed E-state index contributed by atoms with van der Waals surface area (Å²) in [5.41, 5.74) is 2.06. The Bertz CT molecular complexity index is 717. The fourth-order valence-electron chi connectivity index (χ4n) is 2.36. The molecule has 0 saturated heterocycles. The second-order valence-corrected chi connectivity index (χ2v) is 5.26. The SMILES string of the molecule is CN(C)c1ccc(C#CC2=CC3CC=CN=C3N2)cc1F. The number of benzene rings is 1. The zero-order valence-corrected chi connectivity index (χ0v) is 12.0. The van der Waals surface area contributed by atoms with Crippen LogP contribution in [-0.4, -0.2) is 19.9 Å². The van der Waals surface area contributed by atoms with E-state index in [4.69, 9.17) is 0 Å². The van der Waals surface area contributed by atoms with Crippen molar-refractivity contribution in [2.45, 2.75) is 6.42 Å². The van der Waals surface area contributed by atoms with Crippen molar-refractivity contribution in [3.05, 3.63) is 53.6 Å². The maximum absolute atomic E-state index is 13.9. The van der Waals surface area contributed by atoms with E-state index in [0.717, 1.165) is 18.0 Å². The molecule has 1 atom stereocenters. The quantitative estimate of drug-likeness (QED) is 0.801. The second kappa shape index (κ2) is 5.45. The molecular weight excluding hydrogens is 265 g/mol. The third-order valence-corrected chi connectivity index (χ3v) is 3.46. The Labute approximate surface area is 123 Å². The molecule has 21 heavy (non-hydrogen) atoms. The molecule has 0 radical (unpaired) electrons. The van der Waals surface area contributed by atoms with Crippen molar-refractivity contribution in [1.82, 2.24) is 5.32 Å². The molecule has 2 heterocycles. The lowest BCUT2D eigenvalue weighted by Crippen LogP contribution is -2.22. The van der Waals surface area contributed by atoms with Crippen molar-refractivity contribution >= 4 is 11.5 Å². The van der Waals surface area contributed by atoms with Gasteiger partial charge in [-0.15, -0.1) is 0 Å². The van der Waals surface area contributed by atoms with Gasteiger partial charge in [0.05, 0.1) is 11.4 Å². The molecule has 106 valence electrons. The van der Waals surface area contributed by atoms with Crippen LogP contribution in [-0.2, 0) is 0 Å². The van der Waals surface area contributed by atoms with Crippen LogP contribution < -0.4 is 10.2 Å². The maximum atomic E-state index is 13.9. The zero-order chi connectivity index (χ0) is 14.8. The normalized spacial score (nSPS) is 18.9. The maximum Gasteiger partial charge on any atom is 0.147 e. The van der Waals surface area contributed by atoms with E-state index in [1.807, 2.05) is 26.2 Å². The van der Waals surface area contributed by atoms with Crippen LogP contribution in [0.25, 0.3) is 0 Å². The minimum absolute atomic E-state index is 0.262. The standard InChI is InChI=1S/C17H16FN3/c1-21(2)16-8-6-12(10-15(16)18)5-7-14-11-13-4-3-9-19-17(13)20-14/h3,6,8-11,13H,4H2,1-2H3,(H,19,20). The number of amidine groups is 1. The lowest BCUT2D eigenvalue weighted by Gasteiger charge is -2.12. The van der Waals surface area contributed by atoms with Gasteiger partial charge >= 0.3 is 0 Å². The topological polar surface area (TPSA) is 27.6 Å². The van der Waals surface area contributed by atoms with E-state index in [-0.39, 0.29) is 5.82 Å². The highest BCUT2D eigenvalue weighted by atomic mass is 19.1. The lowest BCUT2D eigenvalue weighted by atomic mass is 10.0. The van der Waals surface area contributed by atoms with Gasteiger partial charge in [0.2, 0.25) is 0 Å². The van der Waals surface area contributed by atoms with Gasteiger partial charge in [-0.3, -0.25) is 0 Å². The van der Waals surface area contributed by atoms with E-state index >= 15 is 0 Å². The summed E-state index contributed by atoms with van der Waals surface area (Å²) in [4.78, 5) is 6.02. The number of anilines is 1. The van der Waals surface area contributed by atoms with Gasteiger partial charge in [-0.05, 0) is 36.6 Å². The van der Waals surface area contributed by atoms with Gasteiger partial charge in [0.1, 0.15) is 11.7 Å². The smallest absolute Gasteiger partial charge is 0.147 e. The number of hydrogen-bond donors (Lipinski definition) is 1. The molecule has 1 aromatic carbocycles. The summed E-state index contributed by atoms with van der Waals surface area (Å²) >= 11 is 0. The molecule has 0 saturated carbocycles. The predicted octanol–water partition coefficient (Wildman–Crippen LogP) is 2.66. The largest absolute Gasteiger partial charge is 0.375 e. The van der Waals surface area contributed by atoms with E-state index in [9.17, 15) is 4.39 Å². The first-order valence-electron chi connectivity index (χ1n) is 6.84. The van der Waals surface area contributed by atoms with Crippen LogP contribution in [0.2, 0.25) is 0 Å². The fourth-order valence-corrected chi connectivity index (χ4v) is 2.36. The molecule has 0 aliphatic carbocycles. The van der Waals surface area contributed by atoms with Crippen LogP contribution in [0.3, 0.4) is 0 Å². The first-order chi connectivity index (χ1) is 10.1. The van der Waals surface area contributed by atoms with E-state index in [0.29, 0.717) is 17.2 Å². The van der Waals surface area contributed by atoms with E-state index < -0.39 is 0 Å². The van der Waals surface area contributed by atoms with Gasteiger partial charge in [0.25, 0.3) is 0 Å². The Kier molecular flexibility index (Phi) is 3.49. The molecule has 0 aromatic heterocycles. The van der Waals surface area contributed by atoms with Crippen molar-refractivity contribution in [2.75, 3.05) is 19.0 Å². The first-order valence-corrected chi connectivity index (χ1v) is 6.84. The predicted molar refractivity (Wildman–Crippen MR) is 83.5 cm³/mol. The number of hydrogen-bond acceptors (Lipinski definition) is 3. The molecule has 0 bridgehead atoms. The monoisotopic (exact) mass is 281 g/mol. The molecule has 3 rings (SSSR count). The summed E-state index contributed by atoms with van der Waals surface area (Å²) in [6.45, 7) is 0. The van der Waals surface area contributed by atoms with Crippen LogP contribution in [0.1, 0.15) is 12.0 Å². The molecule has 3 nitrogen and oxygen atoms in total. The molecule has 4 heteroatoms. The highest BCUT2D eigenvalue weighted by molar-refractivity contribution is 5.92. The minimum Gasteiger partial charge on any atom is -0.375 e. The number of allylic oxidation sites excluding steroid dienone is 2. The van der Waals surface area contributed by atoms with Crippen LogP contribution in [0.4, 0.5) is 10.1 Å². The van der Waals surface area contributed by atoms with E-state index in [2.05, 4.69) is 28.2 Å². The zero-order valence-electron chi connectivity index (χ0n) is 12.0. The van der Waals surface area contributed by atoms with Crippen molar-refractivity contribution in [2.24, 2.45) is 10.9 Å². The summed E-state index contributed by atoms with van der Waals surface area (Å²) < 4.78 is 13.9. The molecule has 0 fully saturated rings. The molecular formula is C17H16FN3. The highest BCUT2D eigenvalue weighted by Crippen LogP contribution is 2.20. The third kappa shape index (κ3) is 2.82. The summed E-state index contributed by atoms with van der Waals surface area (Å²) in [6.07, 6.45) is 6.86. The van der Waals surface area contributed by atoms with Gasteiger partial charge in [-0.2, -0.15) is 0 Å². The average molecular weight is 281 g/mol. The minimum atomic E-state index is -0.262. The van der Waals surface area contributed by atoms with Crippen molar-refractivity contribution in [3.63, 3.8) is 0 Å². The second-order valence-electron chi connectivity index (χ2n) is 5.26. The van der Waals surface area contributed by atoms with E-state index in [1.165, 1.54) is 6.07 Å². The average Bonchev–Trinajstić information content (AvgIpc) is 2.87. The first kappa shape index (κ1) is 13.4. The van der Waals surface area contributed by atoms with E-state index in [1.54, 1.807) is 17.2 Å². The Morgan fingerprint density at radius 1 is 1.33 bits per heavy atom. The molecule has 1 unspecified atom stereocenters. The van der Waals surface area contributed by atoms with Crippen molar-refractivity contribution in [3.8, 4) is 11.8 Å². The Balaban J connectivity index is 1.78. The van der Waals surface area contributed by atoms with Gasteiger partial charge < -0.3 is 10.2 Å². The van der Waals surface area contributed by atoms with Crippen molar-refractivity contribution in [1.29, 1.82) is 0 Å². The van der Waals surface area contributed by atoms with Gasteiger partial charge in [0, 0.05) is 31.8 Å². The lowest BCUT2D eigenvalue weighted by molar-refractivity contribution is 0.626. The number of nitrogens with zero attached hydrogens (tertiary/aromatic N) is 2. The summed E-state index contributed by atoms with van der Waals surface area (Å²) in [5.74, 6) is 7.01. The summed E-state index contributed by atoms with van der Waals surface area (Å²) in [5, 5.41) is 3.19. The third-order valence-electron chi connectivity index (χ3n) is 3.46. The number of rotatable bonds is 1. The van der Waals surface area contributed by atoms with Crippen LogP contribution in [0.5, 0.6) is 0 Å². The van der Waals surface area contributed by atoms with Crippen LogP contribution >= 0.6 is 0 Å². The summed E-state index contributed by atoms with van der Waals surface area (Å²) in [7, 11) is 3.63. The Hall–Kier alpha value is -2.54. The van der Waals surface area contributed by atoms with Gasteiger partial charge in [-0.25, -0.2) is 9.38 Å². The molecule has 2 aliphatic heterocycles. The highest BCUT2D eigenvalue weighted by Gasteiger charge is 2.21. The number of fused-ring (bicyclic) bond motifs is 1. The van der Waals surface area contributed by atoms with Gasteiger partial charge in [0.15, 0.2) is 0 Å².